The molecule has 1 aliphatic rings. The van der Waals surface area contributed by atoms with Crippen LogP contribution in [-0.2, 0) is 0 Å². The molecule has 0 saturated heterocycles. The number of nitrogens with zero attached hydrogens (tertiary/aromatic N) is 3. The summed E-state index contributed by atoms with van der Waals surface area (Å²) in [6.45, 7) is 0. The van der Waals surface area contributed by atoms with E-state index < -0.39 is 5.97 Å². The molecule has 0 spiro atoms. The summed E-state index contributed by atoms with van der Waals surface area (Å²) in [6, 6.07) is 0. The predicted octanol–water partition coefficient (Wildman–Crippen LogP) is 1.02. The Morgan fingerprint density at radius 3 is 3.00 bits per heavy atom. The molecule has 2 aromatic rings. The number of carbonyl (C=O) groups is 1. The van der Waals surface area contributed by atoms with Crippen molar-refractivity contribution in [1.82, 2.24) is 19.6 Å². The number of aromatic carboxylic acids is 1. The van der Waals surface area contributed by atoms with E-state index in [-0.39, 0.29) is 5.69 Å². The van der Waals surface area contributed by atoms with Gasteiger partial charge in [-0.2, -0.15) is 4.98 Å². The first kappa shape index (κ1) is 8.46. The molecule has 6 nitrogen and oxygen atoms in total. The number of fused-ring (bicyclic) bond motifs is 1. The normalized spacial score (nSPS) is 16.8. The van der Waals surface area contributed by atoms with E-state index in [1.54, 1.807) is 0 Å². The summed E-state index contributed by atoms with van der Waals surface area (Å²) in [4.78, 5) is 19.0. The number of hydrogen-bond donors (Lipinski definition) is 2. The van der Waals surface area contributed by atoms with Crippen LogP contribution in [0.15, 0.2) is 6.20 Å². The third-order valence-corrected chi connectivity index (χ3v) is 2.90. The third kappa shape index (κ3) is 1.14. The maximum atomic E-state index is 10.8. The van der Waals surface area contributed by atoms with E-state index in [4.69, 9.17) is 5.11 Å². The Morgan fingerprint density at radius 1 is 1.60 bits per heavy atom. The molecular formula is C9H10N4O2. The second-order valence-electron chi connectivity index (χ2n) is 3.82. The Hall–Kier alpha value is -1.85. The Labute approximate surface area is 84.9 Å². The smallest absolute Gasteiger partial charge is 0.356 e. The number of carboxylic acid groups (broad SMARTS) is 1. The minimum absolute atomic E-state index is 0.128. The summed E-state index contributed by atoms with van der Waals surface area (Å²) in [5.41, 5.74) is 0.128. The lowest BCUT2D eigenvalue weighted by molar-refractivity contribution is 0.0688. The molecule has 0 aromatic carbocycles. The van der Waals surface area contributed by atoms with Crippen LogP contribution in [0.3, 0.4) is 0 Å². The van der Waals surface area contributed by atoms with Gasteiger partial charge in [0.25, 0.3) is 5.78 Å². The summed E-state index contributed by atoms with van der Waals surface area (Å²) >= 11 is 0. The zero-order chi connectivity index (χ0) is 10.4. The summed E-state index contributed by atoms with van der Waals surface area (Å²) in [6.07, 6.45) is 4.78. The van der Waals surface area contributed by atoms with Crippen LogP contribution >= 0.6 is 0 Å². The van der Waals surface area contributed by atoms with E-state index in [0.29, 0.717) is 11.7 Å². The predicted molar refractivity (Wildman–Crippen MR) is 50.9 cm³/mol. The zero-order valence-corrected chi connectivity index (χ0v) is 7.97. The highest BCUT2D eigenvalue weighted by atomic mass is 16.4. The van der Waals surface area contributed by atoms with Gasteiger partial charge in [0, 0.05) is 5.92 Å². The number of rotatable bonds is 2. The van der Waals surface area contributed by atoms with Crippen molar-refractivity contribution in [2.75, 3.05) is 0 Å². The number of carboxylic acids is 1. The molecule has 2 aromatic heterocycles. The van der Waals surface area contributed by atoms with E-state index in [1.165, 1.54) is 17.1 Å². The van der Waals surface area contributed by atoms with E-state index in [2.05, 4.69) is 15.1 Å². The van der Waals surface area contributed by atoms with Gasteiger partial charge in [0.15, 0.2) is 5.69 Å². The van der Waals surface area contributed by atoms with Gasteiger partial charge in [0.05, 0.1) is 6.20 Å². The van der Waals surface area contributed by atoms with E-state index in [0.717, 1.165) is 18.7 Å². The number of aromatic nitrogens is 4. The van der Waals surface area contributed by atoms with Crippen LogP contribution in [0.1, 0.15) is 41.5 Å². The molecule has 0 amide bonds. The van der Waals surface area contributed by atoms with Crippen LogP contribution in [0.5, 0.6) is 0 Å². The van der Waals surface area contributed by atoms with Gasteiger partial charge in [-0.1, -0.05) is 6.42 Å². The van der Waals surface area contributed by atoms with E-state index in [1.807, 2.05) is 0 Å². The Morgan fingerprint density at radius 2 is 2.40 bits per heavy atom. The minimum atomic E-state index is -0.994. The highest BCUT2D eigenvalue weighted by molar-refractivity contribution is 5.86. The van der Waals surface area contributed by atoms with Gasteiger partial charge in [-0.25, -0.2) is 14.3 Å². The number of aromatic amines is 1. The summed E-state index contributed by atoms with van der Waals surface area (Å²) in [7, 11) is 0. The third-order valence-electron chi connectivity index (χ3n) is 2.90. The van der Waals surface area contributed by atoms with Crippen molar-refractivity contribution in [3.8, 4) is 0 Å². The number of H-pyrrole nitrogens is 1. The van der Waals surface area contributed by atoms with Crippen LogP contribution < -0.4 is 0 Å². The first-order valence-electron chi connectivity index (χ1n) is 4.92. The fourth-order valence-corrected chi connectivity index (χ4v) is 1.79. The minimum Gasteiger partial charge on any atom is -0.476 e. The Balaban J connectivity index is 2.09. The molecule has 0 unspecified atom stereocenters. The van der Waals surface area contributed by atoms with Gasteiger partial charge >= 0.3 is 5.97 Å². The van der Waals surface area contributed by atoms with Gasteiger partial charge in [0.1, 0.15) is 5.82 Å². The van der Waals surface area contributed by atoms with Crippen LogP contribution in [0.25, 0.3) is 5.78 Å². The average Bonchev–Trinajstić information content (AvgIpc) is 2.57. The van der Waals surface area contributed by atoms with Gasteiger partial charge in [0.2, 0.25) is 0 Å². The van der Waals surface area contributed by atoms with Gasteiger partial charge in [-0.15, -0.1) is 0 Å². The van der Waals surface area contributed by atoms with Crippen molar-refractivity contribution in [2.45, 2.75) is 25.2 Å². The first-order valence-corrected chi connectivity index (χ1v) is 4.92. The van der Waals surface area contributed by atoms with E-state index >= 15 is 0 Å². The van der Waals surface area contributed by atoms with Crippen molar-refractivity contribution in [2.24, 2.45) is 0 Å². The van der Waals surface area contributed by atoms with Crippen molar-refractivity contribution < 1.29 is 9.90 Å². The van der Waals surface area contributed by atoms with Crippen molar-refractivity contribution in [3.63, 3.8) is 0 Å². The molecule has 3 rings (SSSR count). The fourth-order valence-electron chi connectivity index (χ4n) is 1.79. The topological polar surface area (TPSA) is 83.3 Å². The zero-order valence-electron chi connectivity index (χ0n) is 7.97. The molecule has 1 fully saturated rings. The molecule has 2 N–H and O–H groups in total. The van der Waals surface area contributed by atoms with Crippen LogP contribution in [0.4, 0.5) is 0 Å². The SMILES string of the molecule is O=C(O)c1cnc2nc(C3CCC3)[nH]n12. The first-order chi connectivity index (χ1) is 7.25. The molecule has 0 atom stereocenters. The molecule has 0 aliphatic heterocycles. The van der Waals surface area contributed by atoms with Crippen LogP contribution in [0, 0.1) is 0 Å². The van der Waals surface area contributed by atoms with Crippen LogP contribution in [0.2, 0.25) is 0 Å². The van der Waals surface area contributed by atoms with E-state index in [9.17, 15) is 4.79 Å². The lowest BCUT2D eigenvalue weighted by Gasteiger charge is -2.22. The molecule has 6 heteroatoms. The highest BCUT2D eigenvalue weighted by Crippen LogP contribution is 2.34. The molecule has 0 bridgehead atoms. The number of hydrogen-bond acceptors (Lipinski definition) is 3. The standard InChI is InChI=1S/C9H10N4O2/c14-8(15)6-4-10-9-11-7(12-13(6)9)5-2-1-3-5/h4-5H,1-3H2,(H,14,15)(H,10,11,12). The average molecular weight is 206 g/mol. The van der Waals surface area contributed by atoms with Crippen molar-refractivity contribution >= 4 is 11.7 Å². The second kappa shape index (κ2) is 2.82. The Kier molecular flexibility index (Phi) is 1.59. The molecule has 15 heavy (non-hydrogen) atoms. The Bertz CT molecular complexity index is 523. The van der Waals surface area contributed by atoms with Crippen molar-refractivity contribution in [3.05, 3.63) is 17.7 Å². The van der Waals surface area contributed by atoms with Gasteiger partial charge < -0.3 is 5.11 Å². The monoisotopic (exact) mass is 206 g/mol. The number of nitrogens with one attached hydrogen (secondary N) is 1. The second-order valence-corrected chi connectivity index (χ2v) is 3.82. The lowest BCUT2D eigenvalue weighted by atomic mass is 9.85. The lowest BCUT2D eigenvalue weighted by Crippen LogP contribution is -2.11. The molecular weight excluding hydrogens is 196 g/mol. The maximum Gasteiger partial charge on any atom is 0.356 e. The summed E-state index contributed by atoms with van der Waals surface area (Å²) < 4.78 is 1.43. The molecule has 2 heterocycles. The van der Waals surface area contributed by atoms with Crippen LogP contribution in [-0.4, -0.2) is 30.7 Å². The van der Waals surface area contributed by atoms with Gasteiger partial charge in [-0.3, -0.25) is 5.10 Å². The van der Waals surface area contributed by atoms with Gasteiger partial charge in [-0.05, 0) is 12.8 Å². The summed E-state index contributed by atoms with van der Waals surface area (Å²) in [5, 5.41) is 11.9. The molecule has 1 saturated carbocycles. The molecule has 0 radical (unpaired) electrons. The molecule has 78 valence electrons. The highest BCUT2D eigenvalue weighted by Gasteiger charge is 2.24. The largest absolute Gasteiger partial charge is 0.476 e. The fraction of sp³-hybridized carbons (Fsp3) is 0.444. The van der Waals surface area contributed by atoms with Crippen molar-refractivity contribution in [1.29, 1.82) is 0 Å². The quantitative estimate of drug-likeness (QED) is 0.768. The number of imidazole rings is 1. The summed E-state index contributed by atoms with van der Waals surface area (Å²) in [5.74, 6) is 0.751. The molecule has 1 aliphatic carbocycles. The maximum absolute atomic E-state index is 10.8.